The van der Waals surface area contributed by atoms with E-state index in [2.05, 4.69) is 10.3 Å². The van der Waals surface area contributed by atoms with E-state index in [-0.39, 0.29) is 29.7 Å². The van der Waals surface area contributed by atoms with Gasteiger partial charge in [0.1, 0.15) is 0 Å². The minimum atomic E-state index is -4.97. The number of alkyl halides is 6. The maximum atomic E-state index is 13.3. The van der Waals surface area contributed by atoms with Gasteiger partial charge in [0.2, 0.25) is 0 Å². The van der Waals surface area contributed by atoms with E-state index in [0.717, 1.165) is 12.8 Å². The highest BCUT2D eigenvalue weighted by atomic mass is 35.5. The molecule has 3 aromatic rings. The molecule has 2 aromatic carbocycles. The first kappa shape index (κ1) is 26.8. The van der Waals surface area contributed by atoms with Crippen molar-refractivity contribution in [3.05, 3.63) is 75.4 Å². The molecule has 0 unspecified atom stereocenters. The number of hydrogen-bond acceptors (Lipinski definition) is 4. The summed E-state index contributed by atoms with van der Waals surface area (Å²) in [6, 6.07) is 8.34. The molecule has 1 aliphatic heterocycles. The van der Waals surface area contributed by atoms with Crippen molar-refractivity contribution in [3.8, 4) is 0 Å². The number of rotatable bonds is 6. The van der Waals surface area contributed by atoms with Crippen LogP contribution in [0.2, 0.25) is 5.02 Å². The third kappa shape index (κ3) is 6.00. The summed E-state index contributed by atoms with van der Waals surface area (Å²) in [5.41, 5.74) is -2.46. The maximum Gasteiger partial charge on any atom is 0.416 e. The standard InChI is InChI=1S/C24H22ClF6N5O/c1-34(14-16-6-2-3-7-19(16)25)22(37)20-21(35-8-4-5-9-35)36(33-32-20)13-15-10-17(23(26,27)28)12-18(11-15)24(29,30)31/h2-3,6-7,10-12H,4-5,8-9,13-14H2,1H3. The number of amides is 1. The van der Waals surface area contributed by atoms with Crippen LogP contribution in [-0.2, 0) is 25.4 Å². The van der Waals surface area contributed by atoms with E-state index < -0.39 is 35.9 Å². The van der Waals surface area contributed by atoms with Crippen molar-refractivity contribution in [1.82, 2.24) is 19.9 Å². The zero-order valence-electron chi connectivity index (χ0n) is 19.6. The highest BCUT2D eigenvalue weighted by Gasteiger charge is 2.37. The summed E-state index contributed by atoms with van der Waals surface area (Å²) in [6.45, 7) is 0.803. The Hall–Kier alpha value is -3.28. The SMILES string of the molecule is CN(Cc1ccccc1Cl)C(=O)c1nnn(Cc2cc(C(F)(F)F)cc(C(F)(F)F)c2)c1N1CCCC1. The third-order valence-electron chi connectivity index (χ3n) is 6.01. The molecule has 37 heavy (non-hydrogen) atoms. The Kier molecular flexibility index (Phi) is 7.40. The van der Waals surface area contributed by atoms with Crippen LogP contribution in [0, 0.1) is 0 Å². The molecule has 0 aliphatic carbocycles. The number of carbonyl (C=O) groups excluding carboxylic acids is 1. The highest BCUT2D eigenvalue weighted by molar-refractivity contribution is 6.31. The Bertz CT molecular complexity index is 1250. The van der Waals surface area contributed by atoms with Crippen molar-refractivity contribution in [2.24, 2.45) is 0 Å². The van der Waals surface area contributed by atoms with Crippen LogP contribution in [0.25, 0.3) is 0 Å². The van der Waals surface area contributed by atoms with Gasteiger partial charge in [-0.2, -0.15) is 26.3 Å². The zero-order chi connectivity index (χ0) is 27.0. The Labute approximate surface area is 213 Å². The summed E-state index contributed by atoms with van der Waals surface area (Å²) in [5, 5.41) is 8.41. The third-order valence-corrected chi connectivity index (χ3v) is 6.38. The summed E-state index contributed by atoms with van der Waals surface area (Å²) in [4.78, 5) is 16.5. The first-order chi connectivity index (χ1) is 17.3. The molecule has 0 atom stereocenters. The summed E-state index contributed by atoms with van der Waals surface area (Å²) < 4.78 is 81.2. The number of hydrogen-bond donors (Lipinski definition) is 0. The smallest absolute Gasteiger partial charge is 0.355 e. The Morgan fingerprint density at radius 1 is 1.00 bits per heavy atom. The van der Waals surface area contributed by atoms with Crippen molar-refractivity contribution in [2.75, 3.05) is 25.0 Å². The molecule has 13 heteroatoms. The van der Waals surface area contributed by atoms with E-state index in [0.29, 0.717) is 35.8 Å². The van der Waals surface area contributed by atoms with Crippen LogP contribution in [-0.4, -0.2) is 45.9 Å². The van der Waals surface area contributed by atoms with Crippen LogP contribution in [0.5, 0.6) is 0 Å². The van der Waals surface area contributed by atoms with Gasteiger partial charge in [0.15, 0.2) is 11.5 Å². The number of anilines is 1. The topological polar surface area (TPSA) is 54.3 Å². The fourth-order valence-electron chi connectivity index (χ4n) is 4.21. The van der Waals surface area contributed by atoms with Gasteiger partial charge in [-0.1, -0.05) is 35.0 Å². The van der Waals surface area contributed by atoms with Gasteiger partial charge in [-0.3, -0.25) is 4.79 Å². The molecule has 2 heterocycles. The molecule has 1 aliphatic rings. The van der Waals surface area contributed by atoms with Crippen molar-refractivity contribution in [2.45, 2.75) is 38.3 Å². The molecule has 0 bridgehead atoms. The molecular formula is C24H22ClF6N5O. The molecule has 6 nitrogen and oxygen atoms in total. The van der Waals surface area contributed by atoms with Gasteiger partial charge in [-0.15, -0.1) is 5.10 Å². The zero-order valence-corrected chi connectivity index (χ0v) is 20.3. The molecule has 1 amide bonds. The minimum absolute atomic E-state index is 0.0422. The van der Waals surface area contributed by atoms with Gasteiger partial charge in [0.25, 0.3) is 5.91 Å². The Balaban J connectivity index is 1.70. The second-order valence-corrected chi connectivity index (χ2v) is 9.19. The first-order valence-electron chi connectivity index (χ1n) is 11.3. The largest absolute Gasteiger partial charge is 0.416 e. The van der Waals surface area contributed by atoms with Gasteiger partial charge in [0.05, 0.1) is 17.7 Å². The lowest BCUT2D eigenvalue weighted by atomic mass is 10.0. The first-order valence-corrected chi connectivity index (χ1v) is 11.7. The second kappa shape index (κ2) is 10.2. The summed E-state index contributed by atoms with van der Waals surface area (Å²) in [6.07, 6.45) is -8.34. The van der Waals surface area contributed by atoms with Crippen LogP contribution in [0.15, 0.2) is 42.5 Å². The average Bonchev–Trinajstić information content (AvgIpc) is 3.48. The van der Waals surface area contributed by atoms with Gasteiger partial charge >= 0.3 is 12.4 Å². The van der Waals surface area contributed by atoms with Crippen molar-refractivity contribution in [3.63, 3.8) is 0 Å². The predicted molar refractivity (Wildman–Crippen MR) is 124 cm³/mol. The van der Waals surface area contributed by atoms with Crippen LogP contribution in [0.4, 0.5) is 32.2 Å². The Morgan fingerprint density at radius 3 is 2.16 bits per heavy atom. The molecule has 0 N–H and O–H groups in total. The van der Waals surface area contributed by atoms with Crippen LogP contribution in [0.3, 0.4) is 0 Å². The van der Waals surface area contributed by atoms with Crippen molar-refractivity contribution < 1.29 is 31.1 Å². The number of benzene rings is 2. The molecule has 1 fully saturated rings. The van der Waals surface area contributed by atoms with E-state index in [1.807, 2.05) is 4.90 Å². The lowest BCUT2D eigenvalue weighted by Gasteiger charge is -2.22. The number of nitrogens with zero attached hydrogens (tertiary/aromatic N) is 5. The number of aromatic nitrogens is 3. The lowest BCUT2D eigenvalue weighted by Crippen LogP contribution is -2.30. The average molecular weight is 546 g/mol. The molecule has 0 saturated carbocycles. The van der Waals surface area contributed by atoms with Gasteiger partial charge in [-0.25, -0.2) is 4.68 Å². The summed E-state index contributed by atoms with van der Waals surface area (Å²) in [7, 11) is 1.54. The summed E-state index contributed by atoms with van der Waals surface area (Å²) >= 11 is 6.20. The normalized spacial score (nSPS) is 14.3. The maximum absolute atomic E-state index is 13.3. The second-order valence-electron chi connectivity index (χ2n) is 8.78. The van der Waals surface area contributed by atoms with Gasteiger partial charge in [0, 0.05) is 31.7 Å². The molecule has 198 valence electrons. The fraction of sp³-hybridized carbons (Fsp3) is 0.375. The summed E-state index contributed by atoms with van der Waals surface area (Å²) in [5.74, 6) is -0.257. The molecular weight excluding hydrogens is 524 g/mol. The van der Waals surface area contributed by atoms with Crippen molar-refractivity contribution in [1.29, 1.82) is 0 Å². The van der Waals surface area contributed by atoms with E-state index in [1.165, 1.54) is 9.58 Å². The molecule has 4 rings (SSSR count). The molecule has 1 saturated heterocycles. The van der Waals surface area contributed by atoms with E-state index >= 15 is 0 Å². The predicted octanol–water partition coefficient (Wildman–Crippen LogP) is 5.89. The molecule has 0 radical (unpaired) electrons. The van der Waals surface area contributed by atoms with E-state index in [9.17, 15) is 31.1 Å². The highest BCUT2D eigenvalue weighted by Crippen LogP contribution is 2.37. The quantitative estimate of drug-likeness (QED) is 0.363. The molecule has 1 aromatic heterocycles. The van der Waals surface area contributed by atoms with E-state index in [4.69, 9.17) is 11.6 Å². The Morgan fingerprint density at radius 2 is 1.59 bits per heavy atom. The van der Waals surface area contributed by atoms with Gasteiger partial charge in [-0.05, 0) is 48.2 Å². The monoisotopic (exact) mass is 545 g/mol. The fourth-order valence-corrected chi connectivity index (χ4v) is 4.41. The number of halogens is 7. The van der Waals surface area contributed by atoms with Gasteiger partial charge < -0.3 is 9.80 Å². The minimum Gasteiger partial charge on any atom is -0.355 e. The van der Waals surface area contributed by atoms with Crippen molar-refractivity contribution >= 4 is 23.3 Å². The number of carbonyl (C=O) groups is 1. The van der Waals surface area contributed by atoms with Crippen LogP contribution >= 0.6 is 11.6 Å². The molecule has 0 spiro atoms. The lowest BCUT2D eigenvalue weighted by molar-refractivity contribution is -0.143. The van der Waals surface area contributed by atoms with E-state index in [1.54, 1.807) is 31.3 Å². The van der Waals surface area contributed by atoms with Crippen LogP contribution < -0.4 is 4.90 Å². The van der Waals surface area contributed by atoms with Crippen LogP contribution in [0.1, 0.15) is 45.6 Å².